The molecule has 3 aromatic carbocycles. The lowest BCUT2D eigenvalue weighted by atomic mass is 10.0. The van der Waals surface area contributed by atoms with Gasteiger partial charge in [-0.3, -0.25) is 0 Å². The van der Waals surface area contributed by atoms with Gasteiger partial charge in [0.15, 0.2) is 6.10 Å². The van der Waals surface area contributed by atoms with Crippen LogP contribution in [0.15, 0.2) is 72.8 Å². The van der Waals surface area contributed by atoms with Gasteiger partial charge >= 0.3 is 5.97 Å². The van der Waals surface area contributed by atoms with E-state index in [0.717, 1.165) is 16.7 Å². The standard InChI is InChI=1S/C22H18Cl2O3/c23-18-8-6-17(7-9-18)16-4-1-15(2-5-16)3-14-21(22(25)26)27-20-12-10-19(24)11-13-20/h1-2,4-13,21H,3,14H2,(H,25,26). The molecule has 0 radical (unpaired) electrons. The minimum atomic E-state index is -0.984. The number of aryl methyl sites for hydroxylation is 1. The van der Waals surface area contributed by atoms with Gasteiger partial charge in [-0.2, -0.15) is 0 Å². The molecule has 0 aliphatic heterocycles. The number of rotatable bonds is 7. The summed E-state index contributed by atoms with van der Waals surface area (Å²) in [6.45, 7) is 0. The highest BCUT2D eigenvalue weighted by molar-refractivity contribution is 6.30. The second-order valence-electron chi connectivity index (χ2n) is 6.14. The van der Waals surface area contributed by atoms with E-state index in [9.17, 15) is 9.90 Å². The zero-order chi connectivity index (χ0) is 19.2. The highest BCUT2D eigenvalue weighted by Crippen LogP contribution is 2.23. The summed E-state index contributed by atoms with van der Waals surface area (Å²) in [5.74, 6) is -0.493. The number of carbonyl (C=O) groups is 1. The first kappa shape index (κ1) is 19.3. The van der Waals surface area contributed by atoms with Crippen molar-refractivity contribution in [2.24, 2.45) is 0 Å². The van der Waals surface area contributed by atoms with Crippen molar-refractivity contribution in [3.63, 3.8) is 0 Å². The summed E-state index contributed by atoms with van der Waals surface area (Å²) in [5, 5.41) is 10.7. The van der Waals surface area contributed by atoms with Crippen LogP contribution in [0.25, 0.3) is 11.1 Å². The number of halogens is 2. The molecule has 0 saturated carbocycles. The lowest BCUT2D eigenvalue weighted by Gasteiger charge is -2.15. The van der Waals surface area contributed by atoms with Crippen molar-refractivity contribution in [3.8, 4) is 16.9 Å². The highest BCUT2D eigenvalue weighted by atomic mass is 35.5. The summed E-state index contributed by atoms with van der Waals surface area (Å²) in [6.07, 6.45) is 0.0612. The molecule has 1 N–H and O–H groups in total. The third-order valence-corrected chi connectivity index (χ3v) is 4.70. The molecule has 138 valence electrons. The zero-order valence-electron chi connectivity index (χ0n) is 14.4. The largest absolute Gasteiger partial charge is 0.479 e. The summed E-state index contributed by atoms with van der Waals surface area (Å²) in [6, 6.07) is 22.4. The average Bonchev–Trinajstić information content (AvgIpc) is 2.67. The molecule has 0 aliphatic carbocycles. The topological polar surface area (TPSA) is 46.5 Å². The summed E-state index contributed by atoms with van der Waals surface area (Å²) < 4.78 is 5.59. The predicted molar refractivity (Wildman–Crippen MR) is 109 cm³/mol. The van der Waals surface area contributed by atoms with Crippen molar-refractivity contribution in [2.45, 2.75) is 18.9 Å². The number of aliphatic carboxylic acids is 1. The molecule has 5 heteroatoms. The molecule has 27 heavy (non-hydrogen) atoms. The van der Waals surface area contributed by atoms with E-state index in [4.69, 9.17) is 27.9 Å². The molecule has 0 spiro atoms. The van der Waals surface area contributed by atoms with Gasteiger partial charge in [0, 0.05) is 10.0 Å². The van der Waals surface area contributed by atoms with Crippen molar-refractivity contribution in [1.82, 2.24) is 0 Å². The van der Waals surface area contributed by atoms with Crippen LogP contribution in [0.2, 0.25) is 10.0 Å². The summed E-state index contributed by atoms with van der Waals surface area (Å²) in [5.41, 5.74) is 3.22. The van der Waals surface area contributed by atoms with Crippen LogP contribution in [-0.4, -0.2) is 17.2 Å². The molecule has 0 aliphatic rings. The monoisotopic (exact) mass is 400 g/mol. The van der Waals surface area contributed by atoms with Gasteiger partial charge in [0.1, 0.15) is 5.75 Å². The summed E-state index contributed by atoms with van der Waals surface area (Å²) >= 11 is 11.8. The molecule has 0 aromatic heterocycles. The van der Waals surface area contributed by atoms with Gasteiger partial charge in [0.05, 0.1) is 0 Å². The minimum absolute atomic E-state index is 0.373. The Morgan fingerprint density at radius 3 is 1.81 bits per heavy atom. The first-order valence-corrected chi connectivity index (χ1v) is 9.27. The van der Waals surface area contributed by atoms with E-state index < -0.39 is 12.1 Å². The van der Waals surface area contributed by atoms with Gasteiger partial charge in [-0.05, 0) is 65.9 Å². The molecule has 0 bridgehead atoms. The second-order valence-corrected chi connectivity index (χ2v) is 7.01. The SMILES string of the molecule is O=C(O)C(CCc1ccc(-c2ccc(Cl)cc2)cc1)Oc1ccc(Cl)cc1. The zero-order valence-corrected chi connectivity index (χ0v) is 16.0. The van der Waals surface area contributed by atoms with Gasteiger partial charge in [-0.15, -0.1) is 0 Å². The van der Waals surface area contributed by atoms with Crippen LogP contribution >= 0.6 is 23.2 Å². The molecule has 3 rings (SSSR count). The first-order valence-electron chi connectivity index (χ1n) is 8.51. The molecule has 3 nitrogen and oxygen atoms in total. The van der Waals surface area contributed by atoms with E-state index in [1.807, 2.05) is 48.5 Å². The fourth-order valence-corrected chi connectivity index (χ4v) is 2.97. The Morgan fingerprint density at radius 2 is 1.30 bits per heavy atom. The molecule has 0 fully saturated rings. The maximum absolute atomic E-state index is 11.5. The lowest BCUT2D eigenvalue weighted by Crippen LogP contribution is -2.27. The number of carboxylic acids is 1. The Balaban J connectivity index is 1.62. The lowest BCUT2D eigenvalue weighted by molar-refractivity contribution is -0.145. The highest BCUT2D eigenvalue weighted by Gasteiger charge is 2.19. The fourth-order valence-electron chi connectivity index (χ4n) is 2.71. The smallest absolute Gasteiger partial charge is 0.344 e. The number of hydrogen-bond acceptors (Lipinski definition) is 2. The maximum atomic E-state index is 11.5. The first-order chi connectivity index (χ1) is 13.0. The van der Waals surface area contributed by atoms with E-state index in [1.54, 1.807) is 24.3 Å². The number of ether oxygens (including phenoxy) is 1. The van der Waals surface area contributed by atoms with Crippen LogP contribution in [0.5, 0.6) is 5.75 Å². The van der Waals surface area contributed by atoms with Gasteiger partial charge in [0.25, 0.3) is 0 Å². The molecule has 0 saturated heterocycles. The van der Waals surface area contributed by atoms with Crippen LogP contribution in [0, 0.1) is 0 Å². The Labute approximate surface area is 168 Å². The average molecular weight is 401 g/mol. The van der Waals surface area contributed by atoms with E-state index in [2.05, 4.69) is 0 Å². The molecular weight excluding hydrogens is 383 g/mol. The third kappa shape index (κ3) is 5.49. The van der Waals surface area contributed by atoms with Crippen LogP contribution in [0.4, 0.5) is 0 Å². The third-order valence-electron chi connectivity index (χ3n) is 4.19. The predicted octanol–water partition coefficient (Wildman–Crippen LogP) is 6.13. The number of hydrogen-bond donors (Lipinski definition) is 1. The normalized spacial score (nSPS) is 11.8. The van der Waals surface area contributed by atoms with Crippen LogP contribution in [0.1, 0.15) is 12.0 Å². The Bertz CT molecular complexity index is 888. The van der Waals surface area contributed by atoms with Crippen molar-refractivity contribution in [1.29, 1.82) is 0 Å². The van der Waals surface area contributed by atoms with E-state index in [-0.39, 0.29) is 0 Å². The number of carboxylic acid groups (broad SMARTS) is 1. The maximum Gasteiger partial charge on any atom is 0.344 e. The second kappa shape index (κ2) is 8.94. The molecular formula is C22H18Cl2O3. The van der Waals surface area contributed by atoms with Crippen LogP contribution in [0.3, 0.4) is 0 Å². The minimum Gasteiger partial charge on any atom is -0.479 e. The van der Waals surface area contributed by atoms with Crippen molar-refractivity contribution >= 4 is 29.2 Å². The van der Waals surface area contributed by atoms with Crippen LogP contribution < -0.4 is 4.74 Å². The van der Waals surface area contributed by atoms with E-state index in [0.29, 0.717) is 28.6 Å². The number of benzene rings is 3. The van der Waals surface area contributed by atoms with Crippen LogP contribution in [-0.2, 0) is 11.2 Å². The van der Waals surface area contributed by atoms with E-state index >= 15 is 0 Å². The molecule has 0 amide bonds. The molecule has 1 atom stereocenters. The van der Waals surface area contributed by atoms with Crippen molar-refractivity contribution in [2.75, 3.05) is 0 Å². The molecule has 0 heterocycles. The fraction of sp³-hybridized carbons (Fsp3) is 0.136. The Kier molecular flexibility index (Phi) is 6.38. The molecule has 3 aromatic rings. The quantitative estimate of drug-likeness (QED) is 0.518. The van der Waals surface area contributed by atoms with Gasteiger partial charge in [-0.25, -0.2) is 4.79 Å². The summed E-state index contributed by atoms with van der Waals surface area (Å²) in [4.78, 5) is 11.5. The summed E-state index contributed by atoms with van der Waals surface area (Å²) in [7, 11) is 0. The van der Waals surface area contributed by atoms with Crippen molar-refractivity contribution in [3.05, 3.63) is 88.4 Å². The Hall–Kier alpha value is -2.49. The van der Waals surface area contributed by atoms with Gasteiger partial charge in [0.2, 0.25) is 0 Å². The Morgan fingerprint density at radius 1 is 0.815 bits per heavy atom. The molecule has 1 unspecified atom stereocenters. The van der Waals surface area contributed by atoms with Crippen molar-refractivity contribution < 1.29 is 14.6 Å². The van der Waals surface area contributed by atoms with Gasteiger partial charge < -0.3 is 9.84 Å². The van der Waals surface area contributed by atoms with Gasteiger partial charge in [-0.1, -0.05) is 59.6 Å². The van der Waals surface area contributed by atoms with E-state index in [1.165, 1.54) is 0 Å².